The largest absolute Gasteiger partial charge is 0.381 e. The van der Waals surface area contributed by atoms with Gasteiger partial charge in [0.2, 0.25) is 0 Å². The Kier molecular flexibility index (Phi) is 4.83. The Morgan fingerprint density at radius 3 is 2.41 bits per heavy atom. The highest BCUT2D eigenvalue weighted by Crippen LogP contribution is 2.30. The maximum atomic E-state index is 6.05. The van der Waals surface area contributed by atoms with Crippen LogP contribution < -0.4 is 5.73 Å². The van der Waals surface area contributed by atoms with E-state index in [1.54, 1.807) is 0 Å². The van der Waals surface area contributed by atoms with Crippen molar-refractivity contribution in [3.8, 4) is 0 Å². The lowest BCUT2D eigenvalue weighted by Gasteiger charge is -2.45. The molecule has 2 fully saturated rings. The molecular formula is C14H28N2O. The molecule has 1 aliphatic heterocycles. The molecule has 0 unspecified atom stereocenters. The van der Waals surface area contributed by atoms with E-state index in [9.17, 15) is 0 Å². The van der Waals surface area contributed by atoms with Gasteiger partial charge in [-0.2, -0.15) is 0 Å². The van der Waals surface area contributed by atoms with Crippen LogP contribution in [-0.4, -0.2) is 43.8 Å². The molecule has 100 valence electrons. The zero-order valence-corrected chi connectivity index (χ0v) is 11.3. The van der Waals surface area contributed by atoms with Crippen LogP contribution in [0.1, 0.15) is 44.9 Å². The zero-order valence-electron chi connectivity index (χ0n) is 11.3. The van der Waals surface area contributed by atoms with E-state index < -0.39 is 0 Å². The minimum atomic E-state index is 0.218. The molecule has 2 N–H and O–H groups in total. The van der Waals surface area contributed by atoms with E-state index in [0.717, 1.165) is 38.5 Å². The summed E-state index contributed by atoms with van der Waals surface area (Å²) in [7, 11) is 2.27. The van der Waals surface area contributed by atoms with Crippen molar-refractivity contribution in [2.75, 3.05) is 33.4 Å². The van der Waals surface area contributed by atoms with E-state index in [4.69, 9.17) is 10.5 Å². The van der Waals surface area contributed by atoms with Gasteiger partial charge in [-0.1, -0.05) is 19.3 Å². The van der Waals surface area contributed by atoms with E-state index in [1.165, 1.54) is 38.6 Å². The molecule has 1 saturated carbocycles. The second-order valence-corrected chi connectivity index (χ2v) is 5.93. The van der Waals surface area contributed by atoms with Crippen molar-refractivity contribution in [1.82, 2.24) is 4.90 Å². The number of likely N-dealkylation sites (N-methyl/N-ethyl adjacent to an activating group) is 1. The minimum absolute atomic E-state index is 0.218. The van der Waals surface area contributed by atoms with E-state index in [1.807, 2.05) is 0 Å². The van der Waals surface area contributed by atoms with Gasteiger partial charge in [0.05, 0.1) is 0 Å². The van der Waals surface area contributed by atoms with Crippen molar-refractivity contribution < 1.29 is 4.74 Å². The highest BCUT2D eigenvalue weighted by molar-refractivity contribution is 4.93. The second kappa shape index (κ2) is 6.17. The van der Waals surface area contributed by atoms with Gasteiger partial charge in [-0.25, -0.2) is 0 Å². The highest BCUT2D eigenvalue weighted by Gasteiger charge is 2.36. The Morgan fingerprint density at radius 1 is 1.18 bits per heavy atom. The van der Waals surface area contributed by atoms with Gasteiger partial charge in [-0.3, -0.25) is 4.90 Å². The summed E-state index contributed by atoms with van der Waals surface area (Å²) < 4.78 is 5.48. The lowest BCUT2D eigenvalue weighted by Crippen LogP contribution is -2.56. The van der Waals surface area contributed by atoms with Crippen LogP contribution in [0.15, 0.2) is 0 Å². The fraction of sp³-hybridized carbons (Fsp3) is 1.00. The predicted octanol–water partition coefficient (Wildman–Crippen LogP) is 2.01. The Hall–Kier alpha value is -0.120. The highest BCUT2D eigenvalue weighted by atomic mass is 16.5. The van der Waals surface area contributed by atoms with Crippen molar-refractivity contribution in [1.29, 1.82) is 0 Å². The van der Waals surface area contributed by atoms with Crippen molar-refractivity contribution in [2.45, 2.75) is 50.5 Å². The van der Waals surface area contributed by atoms with Gasteiger partial charge in [0.15, 0.2) is 0 Å². The molecule has 0 spiro atoms. The average Bonchev–Trinajstić information content (AvgIpc) is 2.40. The predicted molar refractivity (Wildman–Crippen MR) is 71.0 cm³/mol. The second-order valence-electron chi connectivity index (χ2n) is 5.93. The lowest BCUT2D eigenvalue weighted by atomic mass is 9.84. The van der Waals surface area contributed by atoms with E-state index in [-0.39, 0.29) is 5.54 Å². The van der Waals surface area contributed by atoms with Crippen LogP contribution in [0.2, 0.25) is 0 Å². The molecule has 0 aromatic rings. The third-order valence-corrected chi connectivity index (χ3v) is 4.87. The van der Waals surface area contributed by atoms with E-state index >= 15 is 0 Å². The summed E-state index contributed by atoms with van der Waals surface area (Å²) in [6, 6.07) is 0. The Labute approximate surface area is 106 Å². The summed E-state index contributed by atoms with van der Waals surface area (Å²) in [4.78, 5) is 2.55. The number of rotatable bonds is 4. The fourth-order valence-corrected chi connectivity index (χ4v) is 3.44. The SMILES string of the molecule is CN(CC1CCCCC1)C1(CN)CCOCC1. The molecule has 0 atom stereocenters. The molecule has 1 saturated heterocycles. The molecule has 1 heterocycles. The third-order valence-electron chi connectivity index (χ3n) is 4.87. The first-order valence-electron chi connectivity index (χ1n) is 7.26. The molecule has 1 aliphatic carbocycles. The first-order valence-corrected chi connectivity index (χ1v) is 7.26. The van der Waals surface area contributed by atoms with Crippen molar-refractivity contribution in [2.24, 2.45) is 11.7 Å². The topological polar surface area (TPSA) is 38.5 Å². The van der Waals surface area contributed by atoms with Crippen LogP contribution in [0.5, 0.6) is 0 Å². The van der Waals surface area contributed by atoms with Crippen molar-refractivity contribution >= 4 is 0 Å². The van der Waals surface area contributed by atoms with Crippen LogP contribution in [0.3, 0.4) is 0 Å². The van der Waals surface area contributed by atoms with Crippen LogP contribution in [0.25, 0.3) is 0 Å². The summed E-state index contributed by atoms with van der Waals surface area (Å²) in [6.07, 6.45) is 9.34. The Bertz CT molecular complexity index is 220. The monoisotopic (exact) mass is 240 g/mol. The van der Waals surface area contributed by atoms with Gasteiger partial charge in [0, 0.05) is 31.8 Å². The van der Waals surface area contributed by atoms with E-state index in [0.29, 0.717) is 0 Å². The van der Waals surface area contributed by atoms with Crippen molar-refractivity contribution in [3.05, 3.63) is 0 Å². The number of nitrogens with zero attached hydrogens (tertiary/aromatic N) is 1. The fourth-order valence-electron chi connectivity index (χ4n) is 3.44. The molecule has 0 bridgehead atoms. The molecule has 0 radical (unpaired) electrons. The third kappa shape index (κ3) is 3.21. The summed E-state index contributed by atoms with van der Waals surface area (Å²) >= 11 is 0. The number of hydrogen-bond acceptors (Lipinski definition) is 3. The zero-order chi connectivity index (χ0) is 12.1. The maximum absolute atomic E-state index is 6.05. The van der Waals surface area contributed by atoms with Gasteiger partial charge in [0.1, 0.15) is 0 Å². The molecular weight excluding hydrogens is 212 g/mol. The quantitative estimate of drug-likeness (QED) is 0.817. The van der Waals surface area contributed by atoms with Crippen LogP contribution in [0.4, 0.5) is 0 Å². The molecule has 2 rings (SSSR count). The van der Waals surface area contributed by atoms with Gasteiger partial charge < -0.3 is 10.5 Å². The molecule has 0 aromatic carbocycles. The molecule has 17 heavy (non-hydrogen) atoms. The standard InChI is InChI=1S/C14H28N2O/c1-16(11-13-5-3-2-4-6-13)14(12-15)7-9-17-10-8-14/h13H,2-12,15H2,1H3. The lowest BCUT2D eigenvalue weighted by molar-refractivity contribution is -0.0202. The van der Waals surface area contributed by atoms with Crippen LogP contribution >= 0.6 is 0 Å². The summed E-state index contributed by atoms with van der Waals surface area (Å²) in [5.74, 6) is 0.903. The minimum Gasteiger partial charge on any atom is -0.381 e. The average molecular weight is 240 g/mol. The van der Waals surface area contributed by atoms with Crippen LogP contribution in [-0.2, 0) is 4.74 Å². The smallest absolute Gasteiger partial charge is 0.0484 e. The number of hydrogen-bond donors (Lipinski definition) is 1. The Balaban J connectivity index is 1.89. The molecule has 3 nitrogen and oxygen atoms in total. The van der Waals surface area contributed by atoms with Gasteiger partial charge in [0.25, 0.3) is 0 Å². The van der Waals surface area contributed by atoms with Crippen LogP contribution in [0, 0.1) is 5.92 Å². The van der Waals surface area contributed by atoms with E-state index in [2.05, 4.69) is 11.9 Å². The molecule has 3 heteroatoms. The van der Waals surface area contributed by atoms with Gasteiger partial charge in [-0.05, 0) is 38.6 Å². The number of ether oxygens (including phenoxy) is 1. The van der Waals surface area contributed by atoms with Crippen molar-refractivity contribution in [3.63, 3.8) is 0 Å². The first-order chi connectivity index (χ1) is 8.27. The summed E-state index contributed by atoms with van der Waals surface area (Å²) in [6.45, 7) is 3.77. The Morgan fingerprint density at radius 2 is 1.82 bits per heavy atom. The van der Waals surface area contributed by atoms with Gasteiger partial charge in [-0.15, -0.1) is 0 Å². The maximum Gasteiger partial charge on any atom is 0.0484 e. The molecule has 0 aromatic heterocycles. The normalized spacial score (nSPS) is 26.3. The first kappa shape index (κ1) is 13.3. The molecule has 2 aliphatic rings. The summed E-state index contributed by atoms with van der Waals surface area (Å²) in [5, 5.41) is 0. The molecule has 0 amide bonds. The number of nitrogens with two attached hydrogens (primary N) is 1. The van der Waals surface area contributed by atoms with Gasteiger partial charge >= 0.3 is 0 Å². The summed E-state index contributed by atoms with van der Waals surface area (Å²) in [5.41, 5.74) is 6.27.